The van der Waals surface area contributed by atoms with Crippen molar-refractivity contribution in [3.05, 3.63) is 11.8 Å². The largest absolute Gasteiger partial charge is 0.384 e. The monoisotopic (exact) mass is 194 g/mol. The summed E-state index contributed by atoms with van der Waals surface area (Å²) >= 11 is 0. The quantitative estimate of drug-likeness (QED) is 0.686. The molecule has 1 N–H and O–H groups in total. The number of hydrogen-bond donors (Lipinski definition) is 1. The molecule has 2 aliphatic rings. The fourth-order valence-electron chi connectivity index (χ4n) is 2.84. The average molecular weight is 194 g/mol. The van der Waals surface area contributed by atoms with E-state index in [1.807, 2.05) is 0 Å². The first-order chi connectivity index (χ1) is 6.75. The van der Waals surface area contributed by atoms with Crippen LogP contribution in [0, 0.1) is 5.92 Å². The van der Waals surface area contributed by atoms with Crippen LogP contribution >= 0.6 is 0 Å². The predicted molar refractivity (Wildman–Crippen MR) is 60.1 cm³/mol. The maximum atomic E-state index is 3.66. The summed E-state index contributed by atoms with van der Waals surface area (Å²) in [4.78, 5) is 2.18. The van der Waals surface area contributed by atoms with Gasteiger partial charge in [0.05, 0.1) is 0 Å². The van der Waals surface area contributed by atoms with Gasteiger partial charge in [-0.25, -0.2) is 0 Å². The van der Waals surface area contributed by atoms with E-state index in [-0.39, 0.29) is 0 Å². The molecule has 0 aromatic carbocycles. The lowest BCUT2D eigenvalue weighted by Gasteiger charge is -2.37. The van der Waals surface area contributed by atoms with Gasteiger partial charge in [-0.15, -0.1) is 0 Å². The van der Waals surface area contributed by atoms with Gasteiger partial charge in [-0.2, -0.15) is 0 Å². The van der Waals surface area contributed by atoms with Gasteiger partial charge in [-0.3, -0.25) is 0 Å². The van der Waals surface area contributed by atoms with Gasteiger partial charge < -0.3 is 10.2 Å². The van der Waals surface area contributed by atoms with Gasteiger partial charge in [0.1, 0.15) is 0 Å². The van der Waals surface area contributed by atoms with Gasteiger partial charge >= 0.3 is 0 Å². The van der Waals surface area contributed by atoms with Crippen LogP contribution in [-0.4, -0.2) is 31.6 Å². The summed E-state index contributed by atoms with van der Waals surface area (Å²) in [5.74, 6) is 0.961. The molecule has 1 aliphatic carbocycles. The third kappa shape index (κ3) is 2.30. The summed E-state index contributed by atoms with van der Waals surface area (Å²) in [7, 11) is 4.24. The molecule has 1 heterocycles. The van der Waals surface area contributed by atoms with Crippen molar-refractivity contribution < 1.29 is 0 Å². The zero-order valence-corrected chi connectivity index (χ0v) is 9.42. The minimum Gasteiger partial charge on any atom is -0.384 e. The number of nitrogens with zero attached hydrogens (tertiary/aromatic N) is 1. The van der Waals surface area contributed by atoms with Crippen LogP contribution in [0.2, 0.25) is 0 Å². The lowest BCUT2D eigenvalue weighted by molar-refractivity contribution is 0.238. The Morgan fingerprint density at radius 2 is 2.21 bits per heavy atom. The molecule has 0 amide bonds. The van der Waals surface area contributed by atoms with E-state index >= 15 is 0 Å². The van der Waals surface area contributed by atoms with Gasteiger partial charge in [0.25, 0.3) is 0 Å². The summed E-state index contributed by atoms with van der Waals surface area (Å²) in [6.45, 7) is 1.23. The van der Waals surface area contributed by atoms with Crippen LogP contribution in [-0.2, 0) is 0 Å². The predicted octanol–water partition coefficient (Wildman–Crippen LogP) is 1.98. The van der Waals surface area contributed by atoms with E-state index < -0.39 is 0 Å². The Kier molecular flexibility index (Phi) is 3.12. The second-order valence-electron chi connectivity index (χ2n) is 4.96. The molecule has 0 radical (unpaired) electrons. The van der Waals surface area contributed by atoms with Gasteiger partial charge in [-0.05, 0) is 50.8 Å². The van der Waals surface area contributed by atoms with Gasteiger partial charge in [0.2, 0.25) is 0 Å². The zero-order chi connectivity index (χ0) is 9.97. The summed E-state index contributed by atoms with van der Waals surface area (Å²) in [5, 5.41) is 3.66. The topological polar surface area (TPSA) is 15.3 Å². The lowest BCUT2D eigenvalue weighted by Crippen LogP contribution is -2.43. The van der Waals surface area contributed by atoms with Crippen molar-refractivity contribution in [2.45, 2.75) is 38.1 Å². The highest BCUT2D eigenvalue weighted by atomic mass is 15.0. The molecule has 2 fully saturated rings. The van der Waals surface area contributed by atoms with E-state index in [9.17, 15) is 0 Å². The van der Waals surface area contributed by atoms with Crippen LogP contribution in [0.25, 0.3) is 0 Å². The summed E-state index contributed by atoms with van der Waals surface area (Å²) in [5.41, 5.74) is 1.63. The molecule has 2 heteroatoms. The molecule has 14 heavy (non-hydrogen) atoms. The van der Waals surface area contributed by atoms with Crippen molar-refractivity contribution in [3.63, 3.8) is 0 Å². The van der Waals surface area contributed by atoms with Crippen molar-refractivity contribution >= 4 is 0 Å². The van der Waals surface area contributed by atoms with Crippen LogP contribution in [0.3, 0.4) is 0 Å². The molecule has 0 aromatic heterocycles. The Bertz CT molecular complexity index is 220. The van der Waals surface area contributed by atoms with Crippen LogP contribution in [0.5, 0.6) is 0 Å². The molecule has 80 valence electrons. The number of fused-ring (bicyclic) bond motifs is 1. The average Bonchev–Trinajstić information content (AvgIpc) is 2.17. The Hall–Kier alpha value is -0.500. The number of piperidine rings is 1. The molecule has 2 rings (SSSR count). The Labute approximate surface area is 87.4 Å². The third-order valence-corrected chi connectivity index (χ3v) is 3.49. The minimum atomic E-state index is 0.781. The van der Waals surface area contributed by atoms with Crippen molar-refractivity contribution in [3.8, 4) is 0 Å². The fourth-order valence-corrected chi connectivity index (χ4v) is 2.84. The molecule has 0 bridgehead atoms. The molecule has 2 atom stereocenters. The Morgan fingerprint density at radius 3 is 3.00 bits per heavy atom. The van der Waals surface area contributed by atoms with Crippen molar-refractivity contribution in [2.24, 2.45) is 5.92 Å². The first-order valence-corrected chi connectivity index (χ1v) is 5.85. The molecule has 2 nitrogen and oxygen atoms in total. The molecular formula is C12H22N2. The standard InChI is InChI=1S/C12H22N2/c1-14(2)9-10-5-6-11-4-3-7-13-12(11)8-10/h9,11-13H,3-8H2,1-2H3. The molecule has 0 spiro atoms. The number of hydrogen-bond acceptors (Lipinski definition) is 2. The summed E-state index contributed by atoms with van der Waals surface area (Å²) in [6.07, 6.45) is 9.15. The van der Waals surface area contributed by atoms with Crippen molar-refractivity contribution in [1.29, 1.82) is 0 Å². The van der Waals surface area contributed by atoms with E-state index in [1.165, 1.54) is 38.6 Å². The normalized spacial score (nSPS) is 35.4. The minimum absolute atomic E-state index is 0.781. The first kappa shape index (κ1) is 10.0. The highest BCUT2D eigenvalue weighted by molar-refractivity contribution is 5.09. The van der Waals surface area contributed by atoms with E-state index in [2.05, 4.69) is 30.5 Å². The second kappa shape index (κ2) is 4.35. The van der Waals surface area contributed by atoms with E-state index in [0.29, 0.717) is 0 Å². The molecular weight excluding hydrogens is 172 g/mol. The highest BCUT2D eigenvalue weighted by Crippen LogP contribution is 2.33. The molecule has 0 aromatic rings. The lowest BCUT2D eigenvalue weighted by atomic mass is 9.77. The molecule has 2 unspecified atom stereocenters. The van der Waals surface area contributed by atoms with Crippen LogP contribution in [0.1, 0.15) is 32.1 Å². The molecule has 1 aliphatic heterocycles. The van der Waals surface area contributed by atoms with E-state index in [1.54, 1.807) is 5.57 Å². The van der Waals surface area contributed by atoms with E-state index in [0.717, 1.165) is 12.0 Å². The van der Waals surface area contributed by atoms with E-state index in [4.69, 9.17) is 0 Å². The van der Waals surface area contributed by atoms with Crippen LogP contribution in [0.4, 0.5) is 0 Å². The van der Waals surface area contributed by atoms with Gasteiger partial charge in [0.15, 0.2) is 0 Å². The van der Waals surface area contributed by atoms with Crippen LogP contribution in [0.15, 0.2) is 11.8 Å². The van der Waals surface area contributed by atoms with Crippen molar-refractivity contribution in [1.82, 2.24) is 10.2 Å². The van der Waals surface area contributed by atoms with Gasteiger partial charge in [0, 0.05) is 20.1 Å². The fraction of sp³-hybridized carbons (Fsp3) is 0.833. The molecule has 1 saturated carbocycles. The van der Waals surface area contributed by atoms with Crippen LogP contribution < -0.4 is 5.32 Å². The number of rotatable bonds is 1. The highest BCUT2D eigenvalue weighted by Gasteiger charge is 2.29. The third-order valence-electron chi connectivity index (χ3n) is 3.49. The maximum Gasteiger partial charge on any atom is 0.0133 e. The first-order valence-electron chi connectivity index (χ1n) is 5.85. The smallest absolute Gasteiger partial charge is 0.0133 e. The molecule has 1 saturated heterocycles. The second-order valence-corrected chi connectivity index (χ2v) is 4.96. The van der Waals surface area contributed by atoms with Gasteiger partial charge in [-0.1, -0.05) is 5.57 Å². The maximum absolute atomic E-state index is 3.66. The summed E-state index contributed by atoms with van der Waals surface area (Å²) in [6, 6.07) is 0.781. The Morgan fingerprint density at radius 1 is 1.36 bits per heavy atom. The number of nitrogens with one attached hydrogen (secondary N) is 1. The SMILES string of the molecule is CN(C)C=C1CCC2CCCNC2C1. The zero-order valence-electron chi connectivity index (χ0n) is 9.42. The summed E-state index contributed by atoms with van der Waals surface area (Å²) < 4.78 is 0. The Balaban J connectivity index is 1.95. The van der Waals surface area contributed by atoms with Crippen molar-refractivity contribution in [2.75, 3.05) is 20.6 Å².